The molecule has 0 saturated carbocycles. The van der Waals surface area contributed by atoms with Crippen molar-refractivity contribution in [2.24, 2.45) is 11.3 Å². The number of aliphatic hydroxyl groups is 1. The van der Waals surface area contributed by atoms with E-state index in [1.165, 1.54) is 13.8 Å². The minimum Gasteiger partial charge on any atom is -0.481 e. The van der Waals surface area contributed by atoms with Crippen molar-refractivity contribution in [3.63, 3.8) is 0 Å². The molecule has 0 heterocycles. The van der Waals surface area contributed by atoms with Crippen LogP contribution in [-0.2, 0) is 14.4 Å². The fraction of sp³-hybridized carbons (Fsp3) is 0.727. The summed E-state index contributed by atoms with van der Waals surface area (Å²) >= 11 is 0. The van der Waals surface area contributed by atoms with Crippen molar-refractivity contribution in [3.8, 4) is 0 Å². The van der Waals surface area contributed by atoms with Crippen LogP contribution in [-0.4, -0.2) is 43.9 Å². The first-order valence-electron chi connectivity index (χ1n) is 5.53. The zero-order valence-electron chi connectivity index (χ0n) is 10.5. The molecule has 0 saturated heterocycles. The number of carbonyl (C=O) groups is 3. The van der Waals surface area contributed by atoms with Gasteiger partial charge in [0.05, 0.1) is 5.92 Å². The molecule has 0 spiro atoms. The van der Waals surface area contributed by atoms with Gasteiger partial charge in [-0.1, -0.05) is 13.8 Å². The molecule has 0 bridgehead atoms. The average Bonchev–Trinajstić information content (AvgIpc) is 2.28. The van der Waals surface area contributed by atoms with Crippen molar-refractivity contribution in [2.75, 3.05) is 0 Å². The van der Waals surface area contributed by atoms with Crippen LogP contribution in [0.2, 0.25) is 0 Å². The van der Waals surface area contributed by atoms with Crippen molar-refractivity contribution in [3.05, 3.63) is 0 Å². The van der Waals surface area contributed by atoms with Gasteiger partial charge in [0.25, 0.3) is 0 Å². The highest BCUT2D eigenvalue weighted by molar-refractivity contribution is 5.93. The molecular formula is C11H18O7. The van der Waals surface area contributed by atoms with Gasteiger partial charge in [-0.3, -0.25) is 9.59 Å². The molecule has 104 valence electrons. The summed E-state index contributed by atoms with van der Waals surface area (Å²) in [4.78, 5) is 33.5. The molecule has 0 fully saturated rings. The van der Waals surface area contributed by atoms with Crippen LogP contribution < -0.4 is 0 Å². The fourth-order valence-electron chi connectivity index (χ4n) is 2.24. The summed E-state index contributed by atoms with van der Waals surface area (Å²) in [5, 5.41) is 37.5. The minimum absolute atomic E-state index is 0.195. The average molecular weight is 262 g/mol. The van der Waals surface area contributed by atoms with E-state index >= 15 is 0 Å². The zero-order chi connectivity index (χ0) is 14.7. The summed E-state index contributed by atoms with van der Waals surface area (Å²) in [6.45, 7) is 3.79. The lowest BCUT2D eigenvalue weighted by atomic mass is 9.62. The van der Waals surface area contributed by atoms with Gasteiger partial charge in [0.15, 0.2) is 5.60 Å². The van der Waals surface area contributed by atoms with E-state index in [2.05, 4.69) is 0 Å². The van der Waals surface area contributed by atoms with Gasteiger partial charge in [-0.25, -0.2) is 4.79 Å². The number of carboxylic acids is 3. The molecule has 0 aliphatic rings. The van der Waals surface area contributed by atoms with E-state index in [0.29, 0.717) is 0 Å². The van der Waals surface area contributed by atoms with E-state index in [1.807, 2.05) is 0 Å². The summed E-state index contributed by atoms with van der Waals surface area (Å²) in [6, 6.07) is 0. The molecule has 7 nitrogen and oxygen atoms in total. The Morgan fingerprint density at radius 1 is 1.00 bits per heavy atom. The van der Waals surface area contributed by atoms with Gasteiger partial charge in [0.1, 0.15) is 5.41 Å². The lowest BCUT2D eigenvalue weighted by molar-refractivity contribution is -0.204. The number of hydrogen-bond donors (Lipinski definition) is 4. The quantitative estimate of drug-likeness (QED) is 0.522. The summed E-state index contributed by atoms with van der Waals surface area (Å²) < 4.78 is 0. The first-order chi connectivity index (χ1) is 8.11. The predicted octanol–water partition coefficient (Wildman–Crippen LogP) is 0.414. The smallest absolute Gasteiger partial charge is 0.337 e. The molecule has 2 atom stereocenters. The Balaban J connectivity index is 6.08. The Hall–Kier alpha value is -1.63. The Labute approximate surface area is 104 Å². The monoisotopic (exact) mass is 262 g/mol. The van der Waals surface area contributed by atoms with Crippen LogP contribution in [0.5, 0.6) is 0 Å². The largest absolute Gasteiger partial charge is 0.481 e. The van der Waals surface area contributed by atoms with Gasteiger partial charge in [0, 0.05) is 0 Å². The molecule has 0 rings (SSSR count). The maximum absolute atomic E-state index is 11.3. The van der Waals surface area contributed by atoms with E-state index in [1.54, 1.807) is 0 Å². The number of carboxylic acid groups (broad SMARTS) is 3. The molecular weight excluding hydrogens is 244 g/mol. The topological polar surface area (TPSA) is 132 Å². The van der Waals surface area contributed by atoms with Gasteiger partial charge >= 0.3 is 17.9 Å². The molecule has 0 aromatic rings. The van der Waals surface area contributed by atoms with Crippen LogP contribution in [0.25, 0.3) is 0 Å². The second kappa shape index (κ2) is 5.34. The van der Waals surface area contributed by atoms with Gasteiger partial charge < -0.3 is 20.4 Å². The van der Waals surface area contributed by atoms with Gasteiger partial charge in [-0.2, -0.15) is 0 Å². The number of rotatable bonds is 7. The van der Waals surface area contributed by atoms with Crippen LogP contribution in [0.3, 0.4) is 0 Å². The van der Waals surface area contributed by atoms with Crippen molar-refractivity contribution in [1.82, 2.24) is 0 Å². The highest BCUT2D eigenvalue weighted by Crippen LogP contribution is 2.44. The van der Waals surface area contributed by atoms with E-state index in [4.69, 9.17) is 10.2 Å². The lowest BCUT2D eigenvalue weighted by Gasteiger charge is -2.42. The SMILES string of the molecule is CCC(CC)(C(=O)O)C(O)(C(=O)O)C(C)C(=O)O. The first kappa shape index (κ1) is 16.4. The summed E-state index contributed by atoms with van der Waals surface area (Å²) in [5.74, 6) is -6.67. The Bertz CT molecular complexity index is 358. The van der Waals surface area contributed by atoms with Crippen LogP contribution in [0.15, 0.2) is 0 Å². The van der Waals surface area contributed by atoms with Gasteiger partial charge in [-0.05, 0) is 19.8 Å². The molecule has 0 aromatic carbocycles. The Morgan fingerprint density at radius 2 is 1.39 bits per heavy atom. The van der Waals surface area contributed by atoms with Crippen molar-refractivity contribution in [2.45, 2.75) is 39.2 Å². The maximum Gasteiger partial charge on any atom is 0.337 e. The number of aliphatic carboxylic acids is 3. The number of hydrogen-bond acceptors (Lipinski definition) is 4. The Morgan fingerprint density at radius 3 is 1.56 bits per heavy atom. The normalized spacial score (nSPS) is 16.7. The fourth-order valence-corrected chi connectivity index (χ4v) is 2.24. The van der Waals surface area contributed by atoms with Crippen LogP contribution in [0.1, 0.15) is 33.6 Å². The highest BCUT2D eigenvalue weighted by atomic mass is 16.4. The van der Waals surface area contributed by atoms with Crippen molar-refractivity contribution < 1.29 is 34.8 Å². The molecule has 18 heavy (non-hydrogen) atoms. The molecule has 0 aromatic heterocycles. The summed E-state index contributed by atoms with van der Waals surface area (Å²) in [5.41, 5.74) is -4.91. The molecule has 0 aliphatic heterocycles. The van der Waals surface area contributed by atoms with Crippen molar-refractivity contribution >= 4 is 17.9 Å². The van der Waals surface area contributed by atoms with Crippen LogP contribution >= 0.6 is 0 Å². The third kappa shape index (κ3) is 2.05. The van der Waals surface area contributed by atoms with Gasteiger partial charge in [0.2, 0.25) is 0 Å². The summed E-state index contributed by atoms with van der Waals surface area (Å²) in [6.07, 6.45) is -0.390. The minimum atomic E-state index is -2.87. The molecule has 0 radical (unpaired) electrons. The molecule has 2 unspecified atom stereocenters. The van der Waals surface area contributed by atoms with Crippen LogP contribution in [0.4, 0.5) is 0 Å². The lowest BCUT2D eigenvalue weighted by Crippen LogP contribution is -2.63. The molecule has 0 aliphatic carbocycles. The predicted molar refractivity (Wildman–Crippen MR) is 60.0 cm³/mol. The van der Waals surface area contributed by atoms with Crippen LogP contribution in [0, 0.1) is 11.3 Å². The second-order valence-corrected chi connectivity index (χ2v) is 4.23. The maximum atomic E-state index is 11.3. The third-order valence-electron chi connectivity index (χ3n) is 3.67. The summed E-state index contributed by atoms with van der Waals surface area (Å²) in [7, 11) is 0. The highest BCUT2D eigenvalue weighted by Gasteiger charge is 2.63. The van der Waals surface area contributed by atoms with Crippen molar-refractivity contribution in [1.29, 1.82) is 0 Å². The molecule has 7 heteroatoms. The van der Waals surface area contributed by atoms with E-state index in [9.17, 15) is 24.6 Å². The molecule has 0 amide bonds. The first-order valence-corrected chi connectivity index (χ1v) is 5.53. The standard InChI is InChI=1S/C11H18O7/c1-4-10(5-2,8(14)15)11(18,9(16)17)6(3)7(12)13/h6,18H,4-5H2,1-3H3,(H,12,13)(H,14,15)(H,16,17). The van der Waals surface area contributed by atoms with Gasteiger partial charge in [-0.15, -0.1) is 0 Å². The third-order valence-corrected chi connectivity index (χ3v) is 3.67. The Kier molecular flexibility index (Phi) is 4.86. The second-order valence-electron chi connectivity index (χ2n) is 4.23. The van der Waals surface area contributed by atoms with E-state index in [-0.39, 0.29) is 12.8 Å². The molecule has 4 N–H and O–H groups in total. The van der Waals surface area contributed by atoms with E-state index < -0.39 is 34.8 Å². The zero-order valence-corrected chi connectivity index (χ0v) is 10.5. The van der Waals surface area contributed by atoms with E-state index in [0.717, 1.165) is 6.92 Å².